The summed E-state index contributed by atoms with van der Waals surface area (Å²) in [6.07, 6.45) is 0. The van der Waals surface area contributed by atoms with Crippen molar-refractivity contribution in [1.29, 1.82) is 0 Å². The highest BCUT2D eigenvalue weighted by Crippen LogP contribution is 2.40. The van der Waals surface area contributed by atoms with Crippen LogP contribution in [0.5, 0.6) is 0 Å². The van der Waals surface area contributed by atoms with E-state index < -0.39 is 0 Å². The number of anilines is 3. The summed E-state index contributed by atoms with van der Waals surface area (Å²) in [5.41, 5.74) is 14.6. The Morgan fingerprint density at radius 2 is 0.660 bits per heavy atom. The van der Waals surface area contributed by atoms with Crippen LogP contribution in [0.1, 0.15) is 0 Å². The lowest BCUT2D eigenvalue weighted by molar-refractivity contribution is 0.669. The van der Waals surface area contributed by atoms with Crippen LogP contribution in [0.15, 0.2) is 205 Å². The van der Waals surface area contributed by atoms with Gasteiger partial charge in [0.1, 0.15) is 11.2 Å². The standard InChI is InChI=1S/C48H33NO/c1-3-11-34(12-4-1)38-15-9-17-40(31-38)36-21-25-42(26-22-36)49(44-29-30-48-46(33-44)45-19-7-8-20-47(45)50-48)43-27-23-37(24-28-43)41-18-10-16-39(32-41)35-13-5-2-6-14-35/h1-33H. The number of benzene rings is 8. The van der Waals surface area contributed by atoms with Crippen LogP contribution >= 0.6 is 0 Å². The second kappa shape index (κ2) is 12.8. The Labute approximate surface area is 292 Å². The molecule has 0 saturated carbocycles. The summed E-state index contributed by atoms with van der Waals surface area (Å²) in [6.45, 7) is 0. The first-order chi connectivity index (χ1) is 24.8. The van der Waals surface area contributed by atoms with E-state index in [0.29, 0.717) is 0 Å². The third kappa shape index (κ3) is 5.63. The minimum absolute atomic E-state index is 0.886. The summed E-state index contributed by atoms with van der Waals surface area (Å²) in [7, 11) is 0. The van der Waals surface area contributed by atoms with E-state index in [2.05, 4.69) is 193 Å². The van der Waals surface area contributed by atoms with Gasteiger partial charge in [-0.15, -0.1) is 0 Å². The third-order valence-corrected chi connectivity index (χ3v) is 9.48. The molecule has 0 aliphatic carbocycles. The minimum Gasteiger partial charge on any atom is -0.456 e. The third-order valence-electron chi connectivity index (χ3n) is 9.48. The zero-order chi connectivity index (χ0) is 33.3. The Morgan fingerprint density at radius 1 is 0.260 bits per heavy atom. The summed E-state index contributed by atoms with van der Waals surface area (Å²) in [5.74, 6) is 0. The minimum atomic E-state index is 0.886. The van der Waals surface area contributed by atoms with Gasteiger partial charge in [0.05, 0.1) is 0 Å². The summed E-state index contributed by atoms with van der Waals surface area (Å²) in [4.78, 5) is 2.33. The van der Waals surface area contributed by atoms with Gasteiger partial charge in [-0.2, -0.15) is 0 Å². The maximum absolute atomic E-state index is 6.19. The van der Waals surface area contributed by atoms with E-state index in [0.717, 1.165) is 39.0 Å². The second-order valence-electron chi connectivity index (χ2n) is 12.6. The molecule has 9 rings (SSSR count). The molecular weight excluding hydrogens is 607 g/mol. The molecule has 0 aliphatic heterocycles. The first-order valence-electron chi connectivity index (χ1n) is 17.0. The summed E-state index contributed by atoms with van der Waals surface area (Å²) in [6, 6.07) is 71.1. The van der Waals surface area contributed by atoms with Crippen molar-refractivity contribution in [2.45, 2.75) is 0 Å². The summed E-state index contributed by atoms with van der Waals surface area (Å²) < 4.78 is 6.19. The smallest absolute Gasteiger partial charge is 0.135 e. The lowest BCUT2D eigenvalue weighted by Gasteiger charge is -2.26. The zero-order valence-electron chi connectivity index (χ0n) is 27.4. The molecule has 0 aliphatic rings. The highest BCUT2D eigenvalue weighted by Gasteiger charge is 2.16. The fraction of sp³-hybridized carbons (Fsp3) is 0. The highest BCUT2D eigenvalue weighted by atomic mass is 16.3. The first-order valence-corrected chi connectivity index (χ1v) is 17.0. The first kappa shape index (κ1) is 29.5. The Balaban J connectivity index is 1.11. The summed E-state index contributed by atoms with van der Waals surface area (Å²) >= 11 is 0. The van der Waals surface area contributed by atoms with Crippen molar-refractivity contribution < 1.29 is 4.42 Å². The van der Waals surface area contributed by atoms with Crippen molar-refractivity contribution in [3.8, 4) is 44.5 Å². The number of fused-ring (bicyclic) bond motifs is 3. The van der Waals surface area contributed by atoms with Gasteiger partial charge in [0.25, 0.3) is 0 Å². The molecular formula is C48H33NO. The van der Waals surface area contributed by atoms with E-state index in [9.17, 15) is 0 Å². The lowest BCUT2D eigenvalue weighted by Crippen LogP contribution is -2.09. The van der Waals surface area contributed by atoms with Crippen molar-refractivity contribution >= 4 is 39.0 Å². The maximum Gasteiger partial charge on any atom is 0.135 e. The Bertz CT molecular complexity index is 2440. The predicted molar refractivity (Wildman–Crippen MR) is 210 cm³/mol. The molecule has 2 nitrogen and oxygen atoms in total. The topological polar surface area (TPSA) is 16.4 Å². The van der Waals surface area contributed by atoms with Gasteiger partial charge in [-0.3, -0.25) is 0 Å². The quantitative estimate of drug-likeness (QED) is 0.173. The van der Waals surface area contributed by atoms with E-state index in [1.54, 1.807) is 0 Å². The highest BCUT2D eigenvalue weighted by molar-refractivity contribution is 6.06. The summed E-state index contributed by atoms with van der Waals surface area (Å²) in [5, 5.41) is 2.22. The molecule has 8 aromatic carbocycles. The molecule has 0 radical (unpaired) electrons. The molecule has 0 amide bonds. The van der Waals surface area contributed by atoms with Crippen LogP contribution in [0.2, 0.25) is 0 Å². The van der Waals surface area contributed by atoms with E-state index in [4.69, 9.17) is 4.42 Å². The zero-order valence-corrected chi connectivity index (χ0v) is 27.4. The number of hydrogen-bond donors (Lipinski definition) is 0. The van der Waals surface area contributed by atoms with Gasteiger partial charge in [0.2, 0.25) is 0 Å². The van der Waals surface area contributed by atoms with Crippen LogP contribution in [-0.2, 0) is 0 Å². The van der Waals surface area contributed by atoms with Gasteiger partial charge in [0, 0.05) is 27.8 Å². The molecule has 1 aromatic heterocycles. The normalized spacial score (nSPS) is 11.2. The van der Waals surface area contributed by atoms with Crippen LogP contribution in [0, 0.1) is 0 Å². The second-order valence-corrected chi connectivity index (χ2v) is 12.6. The molecule has 236 valence electrons. The van der Waals surface area contributed by atoms with E-state index in [-0.39, 0.29) is 0 Å². The number of furan rings is 1. The largest absolute Gasteiger partial charge is 0.456 e. The monoisotopic (exact) mass is 639 g/mol. The van der Waals surface area contributed by atoms with Crippen molar-refractivity contribution in [1.82, 2.24) is 0 Å². The van der Waals surface area contributed by atoms with Crippen molar-refractivity contribution in [3.63, 3.8) is 0 Å². The van der Waals surface area contributed by atoms with Gasteiger partial charge in [-0.25, -0.2) is 0 Å². The van der Waals surface area contributed by atoms with Crippen LogP contribution in [-0.4, -0.2) is 0 Å². The van der Waals surface area contributed by atoms with E-state index >= 15 is 0 Å². The van der Waals surface area contributed by atoms with Crippen molar-refractivity contribution in [2.24, 2.45) is 0 Å². The number of nitrogens with zero attached hydrogens (tertiary/aromatic N) is 1. The molecule has 0 atom stereocenters. The molecule has 9 aromatic rings. The van der Waals surface area contributed by atoms with Crippen LogP contribution in [0.4, 0.5) is 17.1 Å². The molecule has 2 heteroatoms. The molecule has 50 heavy (non-hydrogen) atoms. The average molecular weight is 640 g/mol. The van der Waals surface area contributed by atoms with Crippen LogP contribution < -0.4 is 4.90 Å². The Hall–Kier alpha value is -6.64. The van der Waals surface area contributed by atoms with Gasteiger partial charge >= 0.3 is 0 Å². The number of rotatable bonds is 7. The SMILES string of the molecule is c1ccc(-c2cccc(-c3ccc(N(c4ccc(-c5cccc(-c6ccccc6)c5)cc4)c4ccc5oc6ccccc6c5c4)cc3)c2)cc1. The molecule has 0 N–H and O–H groups in total. The lowest BCUT2D eigenvalue weighted by atomic mass is 9.98. The number of para-hydroxylation sites is 1. The Morgan fingerprint density at radius 3 is 1.18 bits per heavy atom. The molecule has 0 fully saturated rings. The van der Waals surface area contributed by atoms with Gasteiger partial charge < -0.3 is 9.32 Å². The predicted octanol–water partition coefficient (Wildman–Crippen LogP) is 13.7. The Kier molecular flexibility index (Phi) is 7.53. The average Bonchev–Trinajstić information content (AvgIpc) is 3.57. The van der Waals surface area contributed by atoms with Crippen molar-refractivity contribution in [3.05, 3.63) is 200 Å². The van der Waals surface area contributed by atoms with Crippen LogP contribution in [0.3, 0.4) is 0 Å². The molecule has 0 unspecified atom stereocenters. The van der Waals surface area contributed by atoms with Gasteiger partial charge in [-0.05, 0) is 105 Å². The molecule has 0 spiro atoms. The van der Waals surface area contributed by atoms with Crippen LogP contribution in [0.25, 0.3) is 66.4 Å². The fourth-order valence-electron chi connectivity index (χ4n) is 6.92. The van der Waals surface area contributed by atoms with E-state index in [1.807, 2.05) is 12.1 Å². The van der Waals surface area contributed by atoms with Crippen molar-refractivity contribution in [2.75, 3.05) is 4.90 Å². The molecule has 0 saturated heterocycles. The fourth-order valence-corrected chi connectivity index (χ4v) is 6.92. The van der Waals surface area contributed by atoms with Gasteiger partial charge in [0.15, 0.2) is 0 Å². The van der Waals surface area contributed by atoms with E-state index in [1.165, 1.54) is 44.5 Å². The number of hydrogen-bond acceptors (Lipinski definition) is 2. The molecule has 0 bridgehead atoms. The molecule has 1 heterocycles. The maximum atomic E-state index is 6.19. The van der Waals surface area contributed by atoms with Gasteiger partial charge in [-0.1, -0.05) is 140 Å².